The molecule has 1 aromatic heterocycles. The lowest BCUT2D eigenvalue weighted by Crippen LogP contribution is -2.21. The first-order chi connectivity index (χ1) is 9.72. The highest BCUT2D eigenvalue weighted by molar-refractivity contribution is 6.35. The second-order valence-electron chi connectivity index (χ2n) is 5.43. The van der Waals surface area contributed by atoms with Crippen LogP contribution in [0.5, 0.6) is 0 Å². The summed E-state index contributed by atoms with van der Waals surface area (Å²) in [5.41, 5.74) is 1.97. The molecule has 0 radical (unpaired) electrons. The topological polar surface area (TPSA) is 21.1 Å². The van der Waals surface area contributed by atoms with Gasteiger partial charge in [-0.2, -0.15) is 0 Å². The molecule has 1 saturated heterocycles. The third kappa shape index (κ3) is 2.54. The zero-order chi connectivity index (χ0) is 14.1. The molecule has 3 rings (SSSR count). The van der Waals surface area contributed by atoms with Crippen LogP contribution in [0.25, 0.3) is 11.0 Å². The number of aromatic nitrogens is 2. The molecule has 1 aromatic carbocycles. The van der Waals surface area contributed by atoms with Crippen LogP contribution in [0.15, 0.2) is 18.2 Å². The van der Waals surface area contributed by atoms with Crippen molar-refractivity contribution in [2.24, 2.45) is 5.92 Å². The van der Waals surface area contributed by atoms with E-state index in [-0.39, 0.29) is 0 Å². The van der Waals surface area contributed by atoms with E-state index in [4.69, 9.17) is 23.2 Å². The largest absolute Gasteiger partial charge is 0.327 e. The molecular formula is C15H19Cl2N3. The highest BCUT2D eigenvalue weighted by Crippen LogP contribution is 2.27. The first-order valence-corrected chi connectivity index (χ1v) is 8.06. The fourth-order valence-corrected chi connectivity index (χ4v) is 3.49. The van der Waals surface area contributed by atoms with Crippen molar-refractivity contribution in [1.29, 1.82) is 0 Å². The lowest BCUT2D eigenvalue weighted by atomic mass is 10.1. The minimum absolute atomic E-state index is 0.426. The number of para-hydroxylation sites is 1. The number of likely N-dealkylation sites (tertiary alicyclic amines) is 1. The molecule has 3 nitrogen and oxygen atoms in total. The Morgan fingerprint density at radius 1 is 1.40 bits per heavy atom. The van der Waals surface area contributed by atoms with Gasteiger partial charge in [-0.15, -0.1) is 11.6 Å². The van der Waals surface area contributed by atoms with Gasteiger partial charge in [0.1, 0.15) is 11.3 Å². The molecule has 0 N–H and O–H groups in total. The molecule has 2 heterocycles. The number of fused-ring (bicyclic) bond motifs is 1. The number of halogens is 2. The van der Waals surface area contributed by atoms with Gasteiger partial charge in [0, 0.05) is 13.1 Å². The molecule has 5 heteroatoms. The lowest BCUT2D eigenvalue weighted by molar-refractivity contribution is 0.333. The van der Waals surface area contributed by atoms with Crippen molar-refractivity contribution >= 4 is 34.2 Å². The smallest absolute Gasteiger partial charge is 0.124 e. The Morgan fingerprint density at radius 2 is 2.25 bits per heavy atom. The monoisotopic (exact) mass is 311 g/mol. The van der Waals surface area contributed by atoms with E-state index in [0.717, 1.165) is 29.9 Å². The van der Waals surface area contributed by atoms with E-state index in [1.54, 1.807) is 0 Å². The van der Waals surface area contributed by atoms with E-state index in [1.165, 1.54) is 19.5 Å². The molecule has 1 aliphatic rings. The fourth-order valence-electron chi connectivity index (χ4n) is 3.07. The normalized spacial score (nSPS) is 20.1. The number of nitrogens with zero attached hydrogens (tertiary/aromatic N) is 3. The van der Waals surface area contributed by atoms with Gasteiger partial charge in [0.2, 0.25) is 0 Å². The maximum absolute atomic E-state index is 6.23. The van der Waals surface area contributed by atoms with E-state index in [2.05, 4.69) is 27.4 Å². The Kier molecular flexibility index (Phi) is 4.20. The molecule has 1 unspecified atom stereocenters. The molecule has 0 amide bonds. The van der Waals surface area contributed by atoms with Crippen LogP contribution in [0.2, 0.25) is 5.02 Å². The summed E-state index contributed by atoms with van der Waals surface area (Å²) in [6.45, 7) is 6.70. The van der Waals surface area contributed by atoms with E-state index in [0.29, 0.717) is 16.8 Å². The predicted octanol–water partition coefficient (Wildman–Crippen LogP) is 3.77. The van der Waals surface area contributed by atoms with E-state index in [1.807, 2.05) is 12.1 Å². The Hall–Kier alpha value is -0.770. The van der Waals surface area contributed by atoms with Crippen LogP contribution in [-0.2, 0) is 12.4 Å². The number of hydrogen-bond donors (Lipinski definition) is 0. The van der Waals surface area contributed by atoms with Crippen LogP contribution in [0, 0.1) is 5.92 Å². The minimum Gasteiger partial charge on any atom is -0.327 e. The zero-order valence-corrected chi connectivity index (χ0v) is 13.2. The second kappa shape index (κ2) is 5.92. The van der Waals surface area contributed by atoms with Gasteiger partial charge >= 0.3 is 0 Å². The van der Waals surface area contributed by atoms with Gasteiger partial charge in [-0.3, -0.25) is 0 Å². The van der Waals surface area contributed by atoms with E-state index in [9.17, 15) is 0 Å². The minimum atomic E-state index is 0.426. The van der Waals surface area contributed by atoms with Crippen molar-refractivity contribution in [3.05, 3.63) is 29.0 Å². The average Bonchev–Trinajstić information content (AvgIpc) is 3.05. The first kappa shape index (κ1) is 14.2. The summed E-state index contributed by atoms with van der Waals surface area (Å²) in [6, 6.07) is 5.94. The Bertz CT molecular complexity index is 608. The maximum atomic E-state index is 6.23. The Balaban J connectivity index is 1.92. The summed E-state index contributed by atoms with van der Waals surface area (Å²) < 4.78 is 2.25. The molecule has 1 fully saturated rings. The molecular weight excluding hydrogens is 293 g/mol. The molecule has 0 saturated carbocycles. The van der Waals surface area contributed by atoms with Crippen molar-refractivity contribution in [3.63, 3.8) is 0 Å². The van der Waals surface area contributed by atoms with Gasteiger partial charge in [0.05, 0.1) is 16.4 Å². The molecule has 2 aromatic rings. The lowest BCUT2D eigenvalue weighted by Gasteiger charge is -2.15. The highest BCUT2D eigenvalue weighted by atomic mass is 35.5. The summed E-state index contributed by atoms with van der Waals surface area (Å²) in [5, 5.41) is 0.703. The molecule has 108 valence electrons. The molecule has 1 atom stereocenters. The maximum Gasteiger partial charge on any atom is 0.124 e. The summed E-state index contributed by atoms with van der Waals surface area (Å²) >= 11 is 12.3. The molecule has 0 spiro atoms. The number of alkyl halides is 1. The summed E-state index contributed by atoms with van der Waals surface area (Å²) in [4.78, 5) is 7.09. The van der Waals surface area contributed by atoms with Crippen molar-refractivity contribution < 1.29 is 0 Å². The fraction of sp³-hybridized carbons (Fsp3) is 0.533. The predicted molar refractivity (Wildman–Crippen MR) is 84.5 cm³/mol. The second-order valence-corrected chi connectivity index (χ2v) is 6.10. The van der Waals surface area contributed by atoms with Crippen LogP contribution in [0.1, 0.15) is 19.2 Å². The summed E-state index contributed by atoms with van der Waals surface area (Å²) in [6.07, 6.45) is 1.25. The van der Waals surface area contributed by atoms with Crippen LogP contribution < -0.4 is 0 Å². The highest BCUT2D eigenvalue weighted by Gasteiger charge is 2.23. The summed E-state index contributed by atoms with van der Waals surface area (Å²) in [5.74, 6) is 2.02. The first-order valence-electron chi connectivity index (χ1n) is 7.15. The third-order valence-electron chi connectivity index (χ3n) is 4.19. The average molecular weight is 312 g/mol. The number of rotatable bonds is 4. The van der Waals surface area contributed by atoms with E-state index >= 15 is 0 Å². The molecule has 0 aliphatic carbocycles. The van der Waals surface area contributed by atoms with Crippen LogP contribution in [0.4, 0.5) is 0 Å². The summed E-state index contributed by atoms with van der Waals surface area (Å²) in [7, 11) is 0. The van der Waals surface area contributed by atoms with Gasteiger partial charge in [-0.25, -0.2) is 4.98 Å². The standard InChI is InChI=1S/C15H19Cl2N3/c1-2-19-7-6-11(9-19)10-20-13-5-3-4-12(17)15(13)18-14(20)8-16/h3-5,11H,2,6-10H2,1H3. The Labute approximate surface area is 129 Å². The van der Waals surface area contributed by atoms with Gasteiger partial charge in [0.15, 0.2) is 0 Å². The molecule has 1 aliphatic heterocycles. The van der Waals surface area contributed by atoms with E-state index < -0.39 is 0 Å². The van der Waals surface area contributed by atoms with Gasteiger partial charge < -0.3 is 9.47 Å². The number of imidazole rings is 1. The van der Waals surface area contributed by atoms with Gasteiger partial charge in [0.25, 0.3) is 0 Å². The zero-order valence-electron chi connectivity index (χ0n) is 11.6. The number of benzene rings is 1. The third-order valence-corrected chi connectivity index (χ3v) is 4.73. The quantitative estimate of drug-likeness (QED) is 0.801. The van der Waals surface area contributed by atoms with Crippen molar-refractivity contribution in [1.82, 2.24) is 14.5 Å². The number of hydrogen-bond acceptors (Lipinski definition) is 2. The van der Waals surface area contributed by atoms with Gasteiger partial charge in [-0.1, -0.05) is 24.6 Å². The molecule has 20 heavy (non-hydrogen) atoms. The SMILES string of the molecule is CCN1CCC(Cn2c(CCl)nc3c(Cl)cccc32)C1. The van der Waals surface area contributed by atoms with Crippen molar-refractivity contribution in [2.45, 2.75) is 25.8 Å². The van der Waals surface area contributed by atoms with Crippen LogP contribution in [0.3, 0.4) is 0 Å². The Morgan fingerprint density at radius 3 is 2.95 bits per heavy atom. The van der Waals surface area contributed by atoms with Gasteiger partial charge in [-0.05, 0) is 37.6 Å². The van der Waals surface area contributed by atoms with Crippen molar-refractivity contribution in [2.75, 3.05) is 19.6 Å². The van der Waals surface area contributed by atoms with Crippen LogP contribution >= 0.6 is 23.2 Å². The van der Waals surface area contributed by atoms with Crippen LogP contribution in [-0.4, -0.2) is 34.1 Å². The van der Waals surface area contributed by atoms with Crippen molar-refractivity contribution in [3.8, 4) is 0 Å². The molecule has 0 bridgehead atoms.